The van der Waals surface area contributed by atoms with Crippen LogP contribution in [0.1, 0.15) is 5.56 Å². The van der Waals surface area contributed by atoms with Gasteiger partial charge in [0.1, 0.15) is 23.2 Å². The van der Waals surface area contributed by atoms with Crippen LogP contribution < -0.4 is 15.4 Å². The van der Waals surface area contributed by atoms with E-state index in [0.717, 1.165) is 0 Å². The van der Waals surface area contributed by atoms with Crippen molar-refractivity contribution >= 4 is 52.5 Å². The molecule has 3 rings (SSSR count). The number of amides is 2. The van der Waals surface area contributed by atoms with Gasteiger partial charge in [-0.3, -0.25) is 9.59 Å². The first-order valence-electron chi connectivity index (χ1n) is 9.50. The average Bonchev–Trinajstić information content (AvgIpc) is 2.79. The van der Waals surface area contributed by atoms with Gasteiger partial charge < -0.3 is 15.4 Å². The zero-order chi connectivity index (χ0) is 23.8. The Balaban J connectivity index is 1.73. The van der Waals surface area contributed by atoms with Gasteiger partial charge in [0.15, 0.2) is 6.61 Å². The van der Waals surface area contributed by atoms with Crippen molar-refractivity contribution in [3.8, 4) is 11.8 Å². The molecule has 166 valence electrons. The Morgan fingerprint density at radius 3 is 2.21 bits per heavy atom. The van der Waals surface area contributed by atoms with E-state index < -0.39 is 17.6 Å². The van der Waals surface area contributed by atoms with Crippen LogP contribution in [0.15, 0.2) is 72.3 Å². The summed E-state index contributed by atoms with van der Waals surface area (Å²) in [4.78, 5) is 24.7. The number of halogens is 3. The fourth-order valence-electron chi connectivity index (χ4n) is 2.67. The lowest BCUT2D eigenvalue weighted by atomic mass is 10.1. The molecule has 0 fully saturated rings. The molecule has 6 nitrogen and oxygen atoms in total. The molecule has 0 saturated carbocycles. The second-order valence-corrected chi connectivity index (χ2v) is 7.53. The lowest BCUT2D eigenvalue weighted by molar-refractivity contribution is -0.118. The minimum atomic E-state index is -0.699. The first kappa shape index (κ1) is 23.8. The van der Waals surface area contributed by atoms with Crippen molar-refractivity contribution in [1.29, 1.82) is 5.26 Å². The van der Waals surface area contributed by atoms with Crippen LogP contribution in [0.25, 0.3) is 6.08 Å². The predicted molar refractivity (Wildman–Crippen MR) is 126 cm³/mol. The van der Waals surface area contributed by atoms with E-state index in [0.29, 0.717) is 27.0 Å². The molecule has 0 atom stereocenters. The Hall–Kier alpha value is -3.86. The number of rotatable bonds is 7. The zero-order valence-electron chi connectivity index (χ0n) is 16.9. The summed E-state index contributed by atoms with van der Waals surface area (Å²) in [7, 11) is 0. The summed E-state index contributed by atoms with van der Waals surface area (Å²) >= 11 is 11.9. The van der Waals surface area contributed by atoms with Crippen molar-refractivity contribution in [2.45, 2.75) is 0 Å². The van der Waals surface area contributed by atoms with E-state index in [-0.39, 0.29) is 17.9 Å². The number of benzene rings is 3. The van der Waals surface area contributed by atoms with Gasteiger partial charge in [-0.15, -0.1) is 0 Å². The molecular formula is C24H16Cl2FN3O3. The second kappa shape index (κ2) is 11.1. The molecule has 0 heterocycles. The van der Waals surface area contributed by atoms with E-state index >= 15 is 0 Å². The highest BCUT2D eigenvalue weighted by molar-refractivity contribution is 6.31. The van der Waals surface area contributed by atoms with Crippen molar-refractivity contribution in [2.75, 3.05) is 17.2 Å². The molecule has 3 aromatic carbocycles. The number of anilines is 2. The van der Waals surface area contributed by atoms with Crippen molar-refractivity contribution in [2.24, 2.45) is 0 Å². The molecule has 33 heavy (non-hydrogen) atoms. The largest absolute Gasteiger partial charge is 0.483 e. The smallest absolute Gasteiger partial charge is 0.266 e. The minimum Gasteiger partial charge on any atom is -0.483 e. The Labute approximate surface area is 199 Å². The van der Waals surface area contributed by atoms with Gasteiger partial charge in [0, 0.05) is 27.0 Å². The third-order valence-electron chi connectivity index (χ3n) is 4.23. The number of nitriles is 1. The Morgan fingerprint density at radius 1 is 0.939 bits per heavy atom. The van der Waals surface area contributed by atoms with Gasteiger partial charge >= 0.3 is 0 Å². The Kier molecular flexibility index (Phi) is 8.03. The molecule has 0 aromatic heterocycles. The number of hydrogen-bond donors (Lipinski definition) is 2. The maximum atomic E-state index is 13.0. The summed E-state index contributed by atoms with van der Waals surface area (Å²) in [6.45, 7) is -0.325. The average molecular weight is 484 g/mol. The fraction of sp³-hybridized carbons (Fsp3) is 0.0417. The normalized spacial score (nSPS) is 10.8. The summed E-state index contributed by atoms with van der Waals surface area (Å²) in [6, 6.07) is 18.1. The fourth-order valence-corrected chi connectivity index (χ4v) is 2.98. The summed E-state index contributed by atoms with van der Waals surface area (Å²) in [5.74, 6) is -1.33. The van der Waals surface area contributed by atoms with E-state index in [2.05, 4.69) is 10.6 Å². The van der Waals surface area contributed by atoms with E-state index in [1.807, 2.05) is 6.07 Å². The van der Waals surface area contributed by atoms with Crippen LogP contribution in [0.5, 0.6) is 5.75 Å². The number of hydrogen-bond acceptors (Lipinski definition) is 4. The summed E-state index contributed by atoms with van der Waals surface area (Å²) in [6.07, 6.45) is 1.29. The van der Waals surface area contributed by atoms with Crippen LogP contribution >= 0.6 is 23.2 Å². The van der Waals surface area contributed by atoms with Gasteiger partial charge in [-0.25, -0.2) is 4.39 Å². The van der Waals surface area contributed by atoms with Crippen LogP contribution in [0.4, 0.5) is 15.8 Å². The summed E-state index contributed by atoms with van der Waals surface area (Å²) in [5, 5.41) is 15.5. The van der Waals surface area contributed by atoms with Gasteiger partial charge in [-0.2, -0.15) is 5.26 Å². The highest BCUT2D eigenvalue weighted by atomic mass is 35.5. The van der Waals surface area contributed by atoms with Crippen LogP contribution in [0.2, 0.25) is 10.0 Å². The van der Waals surface area contributed by atoms with Crippen LogP contribution in [0.3, 0.4) is 0 Å². The number of nitrogens with zero attached hydrogens (tertiary/aromatic N) is 1. The Morgan fingerprint density at radius 2 is 1.55 bits per heavy atom. The molecule has 2 amide bonds. The highest BCUT2D eigenvalue weighted by Gasteiger charge is 2.13. The Bertz CT molecular complexity index is 1240. The van der Waals surface area contributed by atoms with Crippen molar-refractivity contribution in [3.63, 3.8) is 0 Å². The monoisotopic (exact) mass is 483 g/mol. The minimum absolute atomic E-state index is 0.239. The summed E-state index contributed by atoms with van der Waals surface area (Å²) in [5.41, 5.74) is 0.960. The van der Waals surface area contributed by atoms with E-state index in [1.165, 1.54) is 42.5 Å². The van der Waals surface area contributed by atoms with Gasteiger partial charge in [-0.1, -0.05) is 23.2 Å². The van der Waals surface area contributed by atoms with Crippen LogP contribution in [-0.2, 0) is 9.59 Å². The van der Waals surface area contributed by atoms with Gasteiger partial charge in [0.2, 0.25) is 0 Å². The van der Waals surface area contributed by atoms with Crippen molar-refractivity contribution in [1.82, 2.24) is 0 Å². The third kappa shape index (κ3) is 7.07. The molecule has 0 saturated heterocycles. The van der Waals surface area contributed by atoms with Crippen LogP contribution in [-0.4, -0.2) is 18.4 Å². The zero-order valence-corrected chi connectivity index (χ0v) is 18.5. The van der Waals surface area contributed by atoms with E-state index in [4.69, 9.17) is 27.9 Å². The number of ether oxygens (including phenoxy) is 1. The molecular weight excluding hydrogens is 468 g/mol. The third-order valence-corrected chi connectivity index (χ3v) is 4.71. The number of carbonyl (C=O) groups excluding carboxylic acids is 2. The second-order valence-electron chi connectivity index (χ2n) is 6.66. The van der Waals surface area contributed by atoms with Gasteiger partial charge in [0.05, 0.1) is 0 Å². The first-order chi connectivity index (χ1) is 15.8. The molecule has 9 heteroatoms. The first-order valence-corrected chi connectivity index (χ1v) is 10.3. The molecule has 0 aliphatic heterocycles. The molecule has 0 unspecified atom stereocenters. The quantitative estimate of drug-likeness (QED) is 0.333. The van der Waals surface area contributed by atoms with Crippen molar-refractivity contribution < 1.29 is 18.7 Å². The number of carbonyl (C=O) groups is 2. The maximum absolute atomic E-state index is 13.0. The molecule has 0 spiro atoms. The van der Waals surface area contributed by atoms with E-state index in [9.17, 15) is 19.2 Å². The molecule has 2 N–H and O–H groups in total. The number of nitrogens with one attached hydrogen (secondary N) is 2. The van der Waals surface area contributed by atoms with E-state index in [1.54, 1.807) is 30.3 Å². The maximum Gasteiger partial charge on any atom is 0.266 e. The molecule has 0 aliphatic carbocycles. The van der Waals surface area contributed by atoms with Crippen LogP contribution in [0, 0.1) is 17.1 Å². The topological polar surface area (TPSA) is 91.2 Å². The molecule has 0 radical (unpaired) electrons. The highest BCUT2D eigenvalue weighted by Crippen LogP contribution is 2.26. The van der Waals surface area contributed by atoms with Crippen molar-refractivity contribution in [3.05, 3.63) is 93.7 Å². The molecule has 0 aliphatic rings. The molecule has 3 aromatic rings. The lowest BCUT2D eigenvalue weighted by Crippen LogP contribution is -2.20. The standard InChI is InChI=1S/C24H16Cl2FN3O3/c25-17-1-6-20(7-2-17)29-23(31)14-33-22-10-3-18(26)12-15(22)11-16(13-28)24(32)30-21-8-4-19(27)5-9-21/h1-12H,14H2,(H,29,31)(H,30,32)/b16-11+. The predicted octanol–water partition coefficient (Wildman–Crippen LogP) is 5.70. The van der Waals surface area contributed by atoms with Gasteiger partial charge in [0.25, 0.3) is 11.8 Å². The lowest BCUT2D eigenvalue weighted by Gasteiger charge is -2.11. The summed E-state index contributed by atoms with van der Waals surface area (Å²) < 4.78 is 18.6. The molecule has 0 bridgehead atoms. The van der Waals surface area contributed by atoms with Gasteiger partial charge in [-0.05, 0) is 72.8 Å². The SMILES string of the molecule is N#C/C(=C\c1cc(Cl)ccc1OCC(=O)Nc1ccc(Cl)cc1)C(=O)Nc1ccc(F)cc1.